The number of thiol groups is 1. The fourth-order valence-electron chi connectivity index (χ4n) is 1.16. The van der Waals surface area contributed by atoms with E-state index in [9.17, 15) is 4.57 Å². The molecule has 0 spiro atoms. The van der Waals surface area contributed by atoms with Crippen molar-refractivity contribution in [2.75, 3.05) is 13.2 Å². The molecule has 3 nitrogen and oxygen atoms in total. The SMILES string of the molecule is CCOP(=O)(OCC)c1ccc(S)cc1. The third-order valence-corrected chi connectivity index (χ3v) is 4.19. The lowest BCUT2D eigenvalue weighted by Gasteiger charge is -2.16. The lowest BCUT2D eigenvalue weighted by molar-refractivity contribution is 0.230. The molecule has 1 rings (SSSR count). The maximum atomic E-state index is 12.3. The molecule has 0 atom stereocenters. The van der Waals surface area contributed by atoms with Gasteiger partial charge in [0.1, 0.15) is 0 Å². The van der Waals surface area contributed by atoms with Crippen molar-refractivity contribution in [3.8, 4) is 0 Å². The van der Waals surface area contributed by atoms with Crippen LogP contribution in [-0.4, -0.2) is 13.2 Å². The van der Waals surface area contributed by atoms with Crippen molar-refractivity contribution in [2.24, 2.45) is 0 Å². The molecule has 0 radical (unpaired) electrons. The van der Waals surface area contributed by atoms with Gasteiger partial charge in [0.2, 0.25) is 0 Å². The Morgan fingerprint density at radius 2 is 1.60 bits per heavy atom. The Morgan fingerprint density at radius 3 is 2.00 bits per heavy atom. The molecular formula is C10H15O3PS. The van der Waals surface area contributed by atoms with Crippen molar-refractivity contribution in [3.05, 3.63) is 24.3 Å². The molecule has 0 N–H and O–H groups in total. The molecule has 0 heterocycles. The van der Waals surface area contributed by atoms with E-state index in [1.165, 1.54) is 0 Å². The van der Waals surface area contributed by atoms with Crippen LogP contribution in [0.25, 0.3) is 0 Å². The molecule has 0 fully saturated rings. The smallest absolute Gasteiger partial charge is 0.305 e. The van der Waals surface area contributed by atoms with Crippen molar-refractivity contribution >= 4 is 25.5 Å². The Balaban J connectivity index is 2.98. The van der Waals surface area contributed by atoms with E-state index in [2.05, 4.69) is 12.6 Å². The summed E-state index contributed by atoms with van der Waals surface area (Å²) in [5.74, 6) is 0. The predicted molar refractivity (Wildman–Crippen MR) is 64.2 cm³/mol. The number of rotatable bonds is 5. The quantitative estimate of drug-likeness (QED) is 0.641. The summed E-state index contributed by atoms with van der Waals surface area (Å²) in [6.45, 7) is 4.30. The average molecular weight is 246 g/mol. The van der Waals surface area contributed by atoms with Crippen LogP contribution in [0.1, 0.15) is 13.8 Å². The largest absolute Gasteiger partial charge is 0.361 e. The third-order valence-electron chi connectivity index (χ3n) is 1.76. The maximum Gasteiger partial charge on any atom is 0.361 e. The van der Waals surface area contributed by atoms with Crippen molar-refractivity contribution in [1.29, 1.82) is 0 Å². The first-order valence-electron chi connectivity index (χ1n) is 4.81. The molecule has 1 aromatic carbocycles. The van der Waals surface area contributed by atoms with E-state index in [4.69, 9.17) is 9.05 Å². The third kappa shape index (κ3) is 3.35. The highest BCUT2D eigenvalue weighted by Crippen LogP contribution is 2.46. The molecule has 5 heteroatoms. The van der Waals surface area contributed by atoms with Crippen LogP contribution >= 0.6 is 20.2 Å². The van der Waals surface area contributed by atoms with E-state index < -0.39 is 7.60 Å². The molecule has 0 unspecified atom stereocenters. The first-order valence-corrected chi connectivity index (χ1v) is 6.80. The van der Waals surface area contributed by atoms with Gasteiger partial charge >= 0.3 is 7.60 Å². The van der Waals surface area contributed by atoms with Gasteiger partial charge in [-0.1, -0.05) is 0 Å². The Bertz CT molecular complexity index is 340. The van der Waals surface area contributed by atoms with Crippen LogP contribution in [0.2, 0.25) is 0 Å². The maximum absolute atomic E-state index is 12.3. The Hall–Kier alpha value is -0.280. The van der Waals surface area contributed by atoms with Gasteiger partial charge < -0.3 is 9.05 Å². The zero-order valence-electron chi connectivity index (χ0n) is 8.84. The van der Waals surface area contributed by atoms with Gasteiger partial charge in [0, 0.05) is 4.90 Å². The Morgan fingerprint density at radius 1 is 1.13 bits per heavy atom. The minimum absolute atomic E-state index is 0.361. The van der Waals surface area contributed by atoms with Crippen LogP contribution in [0.5, 0.6) is 0 Å². The number of hydrogen-bond donors (Lipinski definition) is 1. The second kappa shape index (κ2) is 5.71. The minimum Gasteiger partial charge on any atom is -0.305 e. The normalized spacial score (nSPS) is 11.7. The average Bonchev–Trinajstić information content (AvgIpc) is 2.19. The topological polar surface area (TPSA) is 35.5 Å². The van der Waals surface area contributed by atoms with Crippen molar-refractivity contribution < 1.29 is 13.6 Å². The van der Waals surface area contributed by atoms with Gasteiger partial charge in [-0.25, -0.2) is 0 Å². The van der Waals surface area contributed by atoms with Crippen LogP contribution < -0.4 is 5.30 Å². The van der Waals surface area contributed by atoms with Crippen LogP contribution in [0.3, 0.4) is 0 Å². The van der Waals surface area contributed by atoms with Gasteiger partial charge in [0.15, 0.2) is 0 Å². The standard InChI is InChI=1S/C10H15O3PS/c1-3-12-14(11,13-4-2)9-5-7-10(15)8-6-9/h5-8,15H,3-4H2,1-2H3. The minimum atomic E-state index is -3.13. The van der Waals surface area contributed by atoms with E-state index >= 15 is 0 Å². The van der Waals surface area contributed by atoms with Gasteiger partial charge in [-0.2, -0.15) is 0 Å². The van der Waals surface area contributed by atoms with Gasteiger partial charge in [-0.3, -0.25) is 4.57 Å². The highest BCUT2D eigenvalue weighted by Gasteiger charge is 2.25. The zero-order valence-corrected chi connectivity index (χ0v) is 10.6. The summed E-state index contributed by atoms with van der Waals surface area (Å²) in [5.41, 5.74) is 0. The first-order chi connectivity index (χ1) is 7.12. The van der Waals surface area contributed by atoms with E-state index in [0.717, 1.165) is 4.90 Å². The second-order valence-corrected chi connectivity index (χ2v) is 5.39. The summed E-state index contributed by atoms with van der Waals surface area (Å²) in [5, 5.41) is 0.573. The summed E-state index contributed by atoms with van der Waals surface area (Å²) >= 11 is 4.16. The van der Waals surface area contributed by atoms with Crippen molar-refractivity contribution in [3.63, 3.8) is 0 Å². The van der Waals surface area contributed by atoms with E-state index in [0.29, 0.717) is 18.5 Å². The first kappa shape index (κ1) is 12.8. The lowest BCUT2D eigenvalue weighted by atomic mass is 10.4. The molecule has 0 aliphatic carbocycles. The van der Waals surface area contributed by atoms with E-state index in [1.54, 1.807) is 38.1 Å². The molecular weight excluding hydrogens is 231 g/mol. The molecule has 0 amide bonds. The molecule has 0 saturated carbocycles. The van der Waals surface area contributed by atoms with Gasteiger partial charge in [-0.05, 0) is 38.1 Å². The summed E-state index contributed by atoms with van der Waals surface area (Å²) in [6, 6.07) is 6.97. The predicted octanol–water partition coefficient (Wildman–Crippen LogP) is 2.87. The van der Waals surface area contributed by atoms with E-state index in [1.807, 2.05) is 0 Å². The molecule has 0 aromatic heterocycles. The Kier molecular flexibility index (Phi) is 4.87. The Labute approximate surface area is 95.7 Å². The fraction of sp³-hybridized carbons (Fsp3) is 0.400. The molecule has 0 bridgehead atoms. The van der Waals surface area contributed by atoms with Gasteiger partial charge in [-0.15, -0.1) is 12.6 Å². The second-order valence-electron chi connectivity index (χ2n) is 2.85. The molecule has 84 valence electrons. The van der Waals surface area contributed by atoms with Gasteiger partial charge in [0.25, 0.3) is 0 Å². The molecule has 15 heavy (non-hydrogen) atoms. The van der Waals surface area contributed by atoms with Crippen LogP contribution in [0.15, 0.2) is 29.2 Å². The monoisotopic (exact) mass is 246 g/mol. The van der Waals surface area contributed by atoms with Crippen LogP contribution in [0.4, 0.5) is 0 Å². The highest BCUT2D eigenvalue weighted by molar-refractivity contribution is 7.80. The number of benzene rings is 1. The molecule has 1 aromatic rings. The summed E-state index contributed by atoms with van der Waals surface area (Å²) < 4.78 is 22.7. The van der Waals surface area contributed by atoms with Crippen molar-refractivity contribution in [1.82, 2.24) is 0 Å². The van der Waals surface area contributed by atoms with Crippen LogP contribution in [0, 0.1) is 0 Å². The summed E-state index contributed by atoms with van der Waals surface area (Å²) in [7, 11) is -3.13. The number of hydrogen-bond acceptors (Lipinski definition) is 4. The molecule has 0 aliphatic heterocycles. The lowest BCUT2D eigenvalue weighted by Crippen LogP contribution is -2.10. The summed E-state index contributed by atoms with van der Waals surface area (Å²) in [4.78, 5) is 0.818. The zero-order chi connectivity index (χ0) is 11.3. The molecule has 0 saturated heterocycles. The fourth-order valence-corrected chi connectivity index (χ4v) is 2.88. The highest BCUT2D eigenvalue weighted by atomic mass is 32.1. The van der Waals surface area contributed by atoms with Crippen LogP contribution in [-0.2, 0) is 13.6 Å². The summed E-state index contributed by atoms with van der Waals surface area (Å²) in [6.07, 6.45) is 0. The van der Waals surface area contributed by atoms with Gasteiger partial charge in [0.05, 0.1) is 18.5 Å². The molecule has 0 aliphatic rings. The van der Waals surface area contributed by atoms with E-state index in [-0.39, 0.29) is 0 Å². The van der Waals surface area contributed by atoms with Crippen molar-refractivity contribution in [2.45, 2.75) is 18.7 Å².